The molecular weight excluding hydrogens is 246 g/mol. The summed E-state index contributed by atoms with van der Waals surface area (Å²) < 4.78 is 5.81. The zero-order valence-corrected chi connectivity index (χ0v) is 11.1. The van der Waals surface area contributed by atoms with Crippen LogP contribution in [0.2, 0.25) is 5.02 Å². The molecule has 0 aliphatic rings. The average Bonchev–Trinajstić information content (AvgIpc) is 2.38. The van der Waals surface area contributed by atoms with E-state index in [1.54, 1.807) is 0 Å². The number of halogens is 1. The predicted molar refractivity (Wildman–Crippen MR) is 74.9 cm³/mol. The van der Waals surface area contributed by atoms with Gasteiger partial charge in [0.2, 0.25) is 0 Å². The number of nitrogens with two attached hydrogens (primary N) is 1. The van der Waals surface area contributed by atoms with Crippen molar-refractivity contribution in [2.75, 3.05) is 0 Å². The molecule has 0 aromatic heterocycles. The maximum Gasteiger partial charge on any atom is 0.125 e. The summed E-state index contributed by atoms with van der Waals surface area (Å²) in [5.41, 5.74) is 9.03. The molecule has 2 aromatic rings. The molecule has 0 aliphatic carbocycles. The monoisotopic (exact) mass is 261 g/mol. The Bertz CT molecular complexity index is 540. The van der Waals surface area contributed by atoms with Gasteiger partial charge >= 0.3 is 0 Å². The lowest BCUT2D eigenvalue weighted by atomic mass is 10.1. The molecule has 2 N–H and O–H groups in total. The third kappa shape index (κ3) is 3.03. The molecule has 0 heterocycles. The SMILES string of the molecule is Cc1ccccc1COc1cc(Cl)ccc1CN. The van der Waals surface area contributed by atoms with E-state index < -0.39 is 0 Å². The zero-order valence-electron chi connectivity index (χ0n) is 10.3. The van der Waals surface area contributed by atoms with E-state index in [-0.39, 0.29) is 0 Å². The van der Waals surface area contributed by atoms with Crippen molar-refractivity contribution in [3.05, 3.63) is 64.2 Å². The van der Waals surface area contributed by atoms with Gasteiger partial charge in [-0.1, -0.05) is 41.9 Å². The first-order valence-corrected chi connectivity index (χ1v) is 6.24. The minimum atomic E-state index is 0.445. The fourth-order valence-electron chi connectivity index (χ4n) is 1.76. The average molecular weight is 262 g/mol. The number of ether oxygens (including phenoxy) is 1. The van der Waals surface area contributed by atoms with E-state index in [2.05, 4.69) is 19.1 Å². The maximum absolute atomic E-state index is 5.97. The molecule has 0 spiro atoms. The van der Waals surface area contributed by atoms with E-state index in [9.17, 15) is 0 Å². The molecular formula is C15H16ClNO. The zero-order chi connectivity index (χ0) is 13.0. The van der Waals surface area contributed by atoms with Crippen LogP contribution in [0.5, 0.6) is 5.75 Å². The van der Waals surface area contributed by atoms with Gasteiger partial charge in [0.05, 0.1) is 0 Å². The third-order valence-corrected chi connectivity index (χ3v) is 3.13. The molecule has 18 heavy (non-hydrogen) atoms. The molecule has 0 amide bonds. The molecule has 0 atom stereocenters. The van der Waals surface area contributed by atoms with Gasteiger partial charge in [-0.15, -0.1) is 0 Å². The second-order valence-electron chi connectivity index (χ2n) is 4.17. The Morgan fingerprint density at radius 1 is 1.11 bits per heavy atom. The highest BCUT2D eigenvalue weighted by Crippen LogP contribution is 2.24. The van der Waals surface area contributed by atoms with Crippen LogP contribution in [0.4, 0.5) is 0 Å². The lowest BCUT2D eigenvalue weighted by molar-refractivity contribution is 0.302. The van der Waals surface area contributed by atoms with Crippen LogP contribution in [0.25, 0.3) is 0 Å². The van der Waals surface area contributed by atoms with Gasteiger partial charge in [0.1, 0.15) is 12.4 Å². The van der Waals surface area contributed by atoms with E-state index in [0.29, 0.717) is 18.2 Å². The van der Waals surface area contributed by atoms with Gasteiger partial charge in [-0.2, -0.15) is 0 Å². The molecule has 0 aliphatic heterocycles. The highest BCUT2D eigenvalue weighted by Gasteiger charge is 2.04. The Hall–Kier alpha value is -1.51. The van der Waals surface area contributed by atoms with Crippen molar-refractivity contribution in [1.29, 1.82) is 0 Å². The van der Waals surface area contributed by atoms with Gasteiger partial charge in [0, 0.05) is 17.1 Å². The molecule has 0 fully saturated rings. The molecule has 2 aromatic carbocycles. The Kier molecular flexibility index (Phi) is 4.24. The molecule has 3 heteroatoms. The lowest BCUT2D eigenvalue weighted by Crippen LogP contribution is -2.03. The summed E-state index contributed by atoms with van der Waals surface area (Å²) in [4.78, 5) is 0. The van der Waals surface area contributed by atoms with Crippen molar-refractivity contribution in [3.63, 3.8) is 0 Å². The largest absolute Gasteiger partial charge is 0.489 e. The Morgan fingerprint density at radius 2 is 1.89 bits per heavy atom. The van der Waals surface area contributed by atoms with Gasteiger partial charge in [0.25, 0.3) is 0 Å². The molecule has 2 rings (SSSR count). The summed E-state index contributed by atoms with van der Waals surface area (Å²) in [6.45, 7) is 3.04. The summed E-state index contributed by atoms with van der Waals surface area (Å²) >= 11 is 5.97. The number of rotatable bonds is 4. The van der Waals surface area contributed by atoms with Gasteiger partial charge in [0.15, 0.2) is 0 Å². The number of aryl methyl sites for hydroxylation is 1. The van der Waals surface area contributed by atoms with Crippen LogP contribution in [0, 0.1) is 6.92 Å². The van der Waals surface area contributed by atoms with Crippen LogP contribution in [-0.4, -0.2) is 0 Å². The molecule has 94 valence electrons. The van der Waals surface area contributed by atoms with Crippen molar-refractivity contribution in [2.24, 2.45) is 5.73 Å². The topological polar surface area (TPSA) is 35.2 Å². The minimum absolute atomic E-state index is 0.445. The van der Waals surface area contributed by atoms with Crippen molar-refractivity contribution in [1.82, 2.24) is 0 Å². The van der Waals surface area contributed by atoms with Crippen LogP contribution in [0.1, 0.15) is 16.7 Å². The maximum atomic E-state index is 5.97. The van der Waals surface area contributed by atoms with E-state index in [1.807, 2.05) is 30.3 Å². The first-order chi connectivity index (χ1) is 8.70. The van der Waals surface area contributed by atoms with Gasteiger partial charge in [-0.25, -0.2) is 0 Å². The number of hydrogen-bond acceptors (Lipinski definition) is 2. The first kappa shape index (κ1) is 12.9. The van der Waals surface area contributed by atoms with E-state index >= 15 is 0 Å². The van der Waals surface area contributed by atoms with E-state index in [4.69, 9.17) is 22.1 Å². The number of hydrogen-bond donors (Lipinski definition) is 1. The van der Waals surface area contributed by atoms with Gasteiger partial charge < -0.3 is 10.5 Å². The fraction of sp³-hybridized carbons (Fsp3) is 0.200. The summed E-state index contributed by atoms with van der Waals surface area (Å²) in [6, 6.07) is 13.7. The van der Waals surface area contributed by atoms with Crippen molar-refractivity contribution >= 4 is 11.6 Å². The molecule has 0 radical (unpaired) electrons. The normalized spacial score (nSPS) is 10.4. The van der Waals surface area contributed by atoms with Crippen molar-refractivity contribution < 1.29 is 4.74 Å². The Labute approximate surface area is 112 Å². The van der Waals surface area contributed by atoms with E-state index in [1.165, 1.54) is 11.1 Å². The molecule has 0 saturated carbocycles. The molecule has 0 bridgehead atoms. The van der Waals surface area contributed by atoms with Crippen LogP contribution in [0.3, 0.4) is 0 Å². The van der Waals surface area contributed by atoms with Gasteiger partial charge in [-0.05, 0) is 30.2 Å². The minimum Gasteiger partial charge on any atom is -0.489 e. The lowest BCUT2D eigenvalue weighted by Gasteiger charge is -2.12. The van der Waals surface area contributed by atoms with Crippen molar-refractivity contribution in [2.45, 2.75) is 20.1 Å². The fourth-order valence-corrected chi connectivity index (χ4v) is 1.92. The second-order valence-corrected chi connectivity index (χ2v) is 4.61. The highest BCUT2D eigenvalue weighted by molar-refractivity contribution is 6.30. The molecule has 0 unspecified atom stereocenters. The second kappa shape index (κ2) is 5.89. The summed E-state index contributed by atoms with van der Waals surface area (Å²) in [5, 5.41) is 0.659. The third-order valence-electron chi connectivity index (χ3n) is 2.89. The van der Waals surface area contributed by atoms with Crippen LogP contribution >= 0.6 is 11.6 Å². The smallest absolute Gasteiger partial charge is 0.125 e. The summed E-state index contributed by atoms with van der Waals surface area (Å²) in [5.74, 6) is 0.758. The molecule has 2 nitrogen and oxygen atoms in total. The highest BCUT2D eigenvalue weighted by atomic mass is 35.5. The Morgan fingerprint density at radius 3 is 2.61 bits per heavy atom. The quantitative estimate of drug-likeness (QED) is 0.911. The first-order valence-electron chi connectivity index (χ1n) is 5.86. The molecule has 0 saturated heterocycles. The number of benzene rings is 2. The van der Waals surface area contributed by atoms with Crippen LogP contribution < -0.4 is 10.5 Å². The van der Waals surface area contributed by atoms with E-state index in [0.717, 1.165) is 11.3 Å². The Balaban J connectivity index is 2.15. The standard InChI is InChI=1S/C15H16ClNO/c1-11-4-2-3-5-13(11)10-18-15-8-14(16)7-6-12(15)9-17/h2-8H,9-10,17H2,1H3. The predicted octanol–water partition coefficient (Wildman–Crippen LogP) is 3.69. The summed E-state index contributed by atoms with van der Waals surface area (Å²) in [7, 11) is 0. The summed E-state index contributed by atoms with van der Waals surface area (Å²) in [6.07, 6.45) is 0. The van der Waals surface area contributed by atoms with Gasteiger partial charge in [-0.3, -0.25) is 0 Å². The van der Waals surface area contributed by atoms with Crippen molar-refractivity contribution in [3.8, 4) is 5.75 Å². The van der Waals surface area contributed by atoms with Crippen LogP contribution in [0.15, 0.2) is 42.5 Å². The van der Waals surface area contributed by atoms with Crippen LogP contribution in [-0.2, 0) is 13.2 Å².